The van der Waals surface area contributed by atoms with Gasteiger partial charge >= 0.3 is 0 Å². The van der Waals surface area contributed by atoms with E-state index in [0.717, 1.165) is 17.7 Å². The van der Waals surface area contributed by atoms with Gasteiger partial charge in [0.1, 0.15) is 0 Å². The Labute approximate surface area is 142 Å². The Bertz CT molecular complexity index is 491. The van der Waals surface area contributed by atoms with Gasteiger partial charge in [-0.1, -0.05) is 27.7 Å². The molecule has 0 radical (unpaired) electrons. The van der Waals surface area contributed by atoms with E-state index in [1.54, 1.807) is 20.8 Å². The topological polar surface area (TPSA) is 84.2 Å². The normalized spacial score (nSPS) is 34.2. The zero-order chi connectivity index (χ0) is 18.8. The van der Waals surface area contributed by atoms with Gasteiger partial charge in [0, 0.05) is 18.9 Å². The van der Waals surface area contributed by atoms with Gasteiger partial charge in [-0.05, 0) is 31.6 Å². The SMILES string of the molecule is CC.CC(C)C(O)(O)C1(C)N(C(O)(O)C2CC2(F)F)CCC12CC2. The summed E-state index contributed by atoms with van der Waals surface area (Å²) in [6.07, 6.45) is 1.41. The highest BCUT2D eigenvalue weighted by molar-refractivity contribution is 5.23. The minimum absolute atomic E-state index is 0.158. The zero-order valence-corrected chi connectivity index (χ0v) is 15.2. The van der Waals surface area contributed by atoms with E-state index in [9.17, 15) is 29.2 Å². The molecule has 0 aromatic rings. The van der Waals surface area contributed by atoms with Crippen LogP contribution in [0.5, 0.6) is 0 Å². The van der Waals surface area contributed by atoms with Crippen molar-refractivity contribution in [3.63, 3.8) is 0 Å². The zero-order valence-electron chi connectivity index (χ0n) is 15.2. The summed E-state index contributed by atoms with van der Waals surface area (Å²) in [6, 6.07) is 0. The van der Waals surface area contributed by atoms with Crippen molar-refractivity contribution >= 4 is 0 Å². The van der Waals surface area contributed by atoms with Crippen LogP contribution in [0.1, 0.15) is 60.3 Å². The van der Waals surface area contributed by atoms with Crippen molar-refractivity contribution in [2.24, 2.45) is 17.3 Å². The van der Waals surface area contributed by atoms with Crippen LogP contribution in [0.15, 0.2) is 0 Å². The predicted octanol–water partition coefficient (Wildman–Crippen LogP) is 1.89. The van der Waals surface area contributed by atoms with Crippen LogP contribution in [0.3, 0.4) is 0 Å². The summed E-state index contributed by atoms with van der Waals surface area (Å²) in [7, 11) is 0. The maximum atomic E-state index is 13.4. The Kier molecular flexibility index (Phi) is 4.64. The standard InChI is InChI=1S/C15H25F2NO4.C2H6/c1-9(2)14(19,20)11(3)12(4-5-12)6-7-18(11)15(21,22)10-8-13(10,16)17;1-2/h9-10,19-22H,4-8H2,1-3H3;1-2H3. The van der Waals surface area contributed by atoms with Gasteiger partial charge in [0.2, 0.25) is 5.91 Å². The largest absolute Gasteiger partial charge is 0.364 e. The van der Waals surface area contributed by atoms with Crippen LogP contribution in [0.2, 0.25) is 0 Å². The highest BCUT2D eigenvalue weighted by Crippen LogP contribution is 2.69. The van der Waals surface area contributed by atoms with Crippen LogP contribution in [-0.4, -0.2) is 55.0 Å². The van der Waals surface area contributed by atoms with Gasteiger partial charge in [0.05, 0.1) is 11.5 Å². The minimum Gasteiger partial charge on any atom is -0.364 e. The molecule has 0 aromatic heterocycles. The molecule has 1 spiro atoms. The average molecular weight is 351 g/mol. The number of rotatable bonds is 4. The third-order valence-corrected chi connectivity index (χ3v) is 6.45. The van der Waals surface area contributed by atoms with Gasteiger partial charge < -0.3 is 20.4 Å². The van der Waals surface area contributed by atoms with Crippen molar-refractivity contribution in [3.8, 4) is 0 Å². The second-order valence-electron chi connectivity index (χ2n) is 7.84. The molecule has 2 atom stereocenters. The number of hydrogen-bond donors (Lipinski definition) is 4. The van der Waals surface area contributed by atoms with Gasteiger partial charge in [-0.3, -0.25) is 0 Å². The molecule has 0 amide bonds. The fourth-order valence-electron chi connectivity index (χ4n) is 4.43. The van der Waals surface area contributed by atoms with E-state index in [1.807, 2.05) is 13.8 Å². The lowest BCUT2D eigenvalue weighted by molar-refractivity contribution is -0.361. The van der Waals surface area contributed by atoms with Crippen LogP contribution >= 0.6 is 0 Å². The van der Waals surface area contributed by atoms with Crippen LogP contribution in [0.4, 0.5) is 8.78 Å². The van der Waals surface area contributed by atoms with Gasteiger partial charge in [0.15, 0.2) is 5.79 Å². The fraction of sp³-hybridized carbons (Fsp3) is 1.00. The quantitative estimate of drug-likeness (QED) is 0.581. The minimum atomic E-state index is -3.12. The van der Waals surface area contributed by atoms with Crippen LogP contribution in [0.25, 0.3) is 0 Å². The van der Waals surface area contributed by atoms with Crippen molar-refractivity contribution in [1.29, 1.82) is 0 Å². The molecule has 1 aliphatic heterocycles. The first-order chi connectivity index (χ1) is 10.8. The fourth-order valence-corrected chi connectivity index (χ4v) is 4.43. The molecule has 0 bridgehead atoms. The lowest BCUT2D eigenvalue weighted by atomic mass is 9.72. The molecule has 2 aliphatic carbocycles. The Morgan fingerprint density at radius 1 is 1.04 bits per heavy atom. The van der Waals surface area contributed by atoms with Gasteiger partial charge in [-0.25, -0.2) is 13.7 Å². The lowest BCUT2D eigenvalue weighted by Gasteiger charge is -2.53. The summed E-state index contributed by atoms with van der Waals surface area (Å²) in [5.74, 6) is -10.2. The molecular weight excluding hydrogens is 320 g/mol. The summed E-state index contributed by atoms with van der Waals surface area (Å²) in [4.78, 5) is 1.11. The van der Waals surface area contributed by atoms with Crippen molar-refractivity contribution in [3.05, 3.63) is 0 Å². The number of aliphatic hydroxyl groups is 4. The Morgan fingerprint density at radius 3 is 1.83 bits per heavy atom. The van der Waals surface area contributed by atoms with Gasteiger partial charge in [-0.2, -0.15) is 0 Å². The smallest absolute Gasteiger partial charge is 0.258 e. The van der Waals surface area contributed by atoms with E-state index in [4.69, 9.17) is 0 Å². The van der Waals surface area contributed by atoms with Crippen LogP contribution in [-0.2, 0) is 0 Å². The van der Waals surface area contributed by atoms with Crippen molar-refractivity contribution in [1.82, 2.24) is 4.90 Å². The maximum absolute atomic E-state index is 13.4. The molecule has 4 N–H and O–H groups in total. The van der Waals surface area contributed by atoms with Gasteiger partial charge in [-0.15, -0.1) is 0 Å². The van der Waals surface area contributed by atoms with Crippen molar-refractivity contribution < 1.29 is 29.2 Å². The van der Waals surface area contributed by atoms with Crippen molar-refractivity contribution in [2.75, 3.05) is 6.54 Å². The summed E-state index contributed by atoms with van der Waals surface area (Å²) in [5, 5.41) is 42.2. The molecule has 0 aromatic carbocycles. The van der Waals surface area contributed by atoms with Crippen molar-refractivity contribution in [2.45, 2.75) is 83.5 Å². The molecule has 24 heavy (non-hydrogen) atoms. The number of alkyl halides is 2. The Balaban J connectivity index is 0.00000100. The van der Waals surface area contributed by atoms with E-state index < -0.39 is 46.8 Å². The second kappa shape index (κ2) is 5.58. The van der Waals surface area contributed by atoms with E-state index in [0.29, 0.717) is 6.42 Å². The molecule has 5 nitrogen and oxygen atoms in total. The Hall–Kier alpha value is -0.340. The third-order valence-electron chi connectivity index (χ3n) is 6.45. The molecule has 7 heteroatoms. The molecular formula is C17H31F2NO4. The number of nitrogens with zero attached hydrogens (tertiary/aromatic N) is 1. The lowest BCUT2D eigenvalue weighted by Crippen LogP contribution is -2.71. The van der Waals surface area contributed by atoms with E-state index >= 15 is 0 Å². The molecule has 2 unspecified atom stereocenters. The number of likely N-dealkylation sites (tertiary alicyclic amines) is 1. The van der Waals surface area contributed by atoms with Gasteiger partial charge in [0.25, 0.3) is 5.92 Å². The summed E-state index contributed by atoms with van der Waals surface area (Å²) in [5.41, 5.74) is -1.84. The van der Waals surface area contributed by atoms with E-state index in [-0.39, 0.29) is 6.54 Å². The molecule has 3 aliphatic rings. The highest BCUT2D eigenvalue weighted by Gasteiger charge is 2.78. The molecule has 1 saturated heterocycles. The first-order valence-electron chi connectivity index (χ1n) is 8.88. The average Bonchev–Trinajstić information content (AvgIpc) is 3.35. The molecule has 1 heterocycles. The van der Waals surface area contributed by atoms with Crippen LogP contribution < -0.4 is 0 Å². The number of halogens is 2. The predicted molar refractivity (Wildman–Crippen MR) is 85.0 cm³/mol. The Morgan fingerprint density at radius 2 is 1.50 bits per heavy atom. The summed E-state index contributed by atoms with van der Waals surface area (Å²) in [6.45, 7) is 8.97. The highest BCUT2D eigenvalue weighted by atomic mass is 19.3. The molecule has 3 fully saturated rings. The molecule has 2 saturated carbocycles. The van der Waals surface area contributed by atoms with E-state index in [2.05, 4.69) is 0 Å². The third kappa shape index (κ3) is 2.43. The monoisotopic (exact) mass is 351 g/mol. The first-order valence-corrected chi connectivity index (χ1v) is 8.88. The summed E-state index contributed by atoms with van der Waals surface area (Å²) >= 11 is 0. The van der Waals surface area contributed by atoms with E-state index in [1.165, 1.54) is 0 Å². The summed E-state index contributed by atoms with van der Waals surface area (Å²) < 4.78 is 26.8. The first kappa shape index (κ1) is 20.0. The number of hydrogen-bond acceptors (Lipinski definition) is 5. The second-order valence-corrected chi connectivity index (χ2v) is 7.84. The molecule has 142 valence electrons. The molecule has 3 rings (SSSR count). The maximum Gasteiger partial charge on any atom is 0.258 e. The van der Waals surface area contributed by atoms with Crippen LogP contribution in [0, 0.1) is 17.3 Å².